The van der Waals surface area contributed by atoms with E-state index in [0.717, 1.165) is 35.1 Å². The fourth-order valence-electron chi connectivity index (χ4n) is 5.09. The normalized spacial score (nSPS) is 17.8. The van der Waals surface area contributed by atoms with Crippen molar-refractivity contribution in [3.8, 4) is 11.1 Å². The lowest BCUT2D eigenvalue weighted by molar-refractivity contribution is -0.153. The summed E-state index contributed by atoms with van der Waals surface area (Å²) in [7, 11) is 0. The van der Waals surface area contributed by atoms with Crippen molar-refractivity contribution in [3.63, 3.8) is 0 Å². The standard InChI is InChI=1S/C27H26N2O5S/c30-25(29-14-6-5-12-22(29)26(31)32)24(23-13-7-15-35-23)28-27(33)34-16-21-19-10-3-1-8-17(19)18-9-2-4-11-20(18)21/h1-4,7-11,13,15,21-22,24H,5-6,12,14,16H2,(H,28,33)(H,31,32). The molecule has 2 atom stereocenters. The number of nitrogens with zero attached hydrogens (tertiary/aromatic N) is 1. The summed E-state index contributed by atoms with van der Waals surface area (Å²) in [5.41, 5.74) is 4.47. The Hall–Kier alpha value is -3.65. The fraction of sp³-hybridized carbons (Fsp3) is 0.296. The van der Waals surface area contributed by atoms with Crippen LogP contribution < -0.4 is 5.32 Å². The average Bonchev–Trinajstić information content (AvgIpc) is 3.52. The van der Waals surface area contributed by atoms with E-state index in [4.69, 9.17) is 4.74 Å². The van der Waals surface area contributed by atoms with Crippen LogP contribution in [0.2, 0.25) is 0 Å². The van der Waals surface area contributed by atoms with Crippen LogP contribution >= 0.6 is 11.3 Å². The van der Waals surface area contributed by atoms with Gasteiger partial charge in [-0.3, -0.25) is 4.79 Å². The maximum Gasteiger partial charge on any atom is 0.408 e. The minimum absolute atomic E-state index is 0.0949. The van der Waals surface area contributed by atoms with Gasteiger partial charge in [-0.05, 0) is 53.0 Å². The summed E-state index contributed by atoms with van der Waals surface area (Å²) in [4.78, 5) is 40.1. The first kappa shape index (κ1) is 23.1. The second-order valence-corrected chi connectivity index (χ2v) is 9.78. The number of thiophene rings is 1. The molecular weight excluding hydrogens is 464 g/mol. The molecule has 2 aliphatic rings. The predicted octanol–water partition coefficient (Wildman–Crippen LogP) is 4.79. The Kier molecular flexibility index (Phi) is 6.55. The molecule has 2 aromatic carbocycles. The molecule has 1 aliphatic carbocycles. The fourth-order valence-corrected chi connectivity index (χ4v) is 5.85. The molecule has 35 heavy (non-hydrogen) atoms. The third kappa shape index (κ3) is 4.53. The Morgan fingerprint density at radius 1 is 1.00 bits per heavy atom. The highest BCUT2D eigenvalue weighted by atomic mass is 32.1. The predicted molar refractivity (Wildman–Crippen MR) is 132 cm³/mol. The van der Waals surface area contributed by atoms with Gasteiger partial charge in [-0.15, -0.1) is 11.3 Å². The Bertz CT molecular complexity index is 1200. The highest BCUT2D eigenvalue weighted by molar-refractivity contribution is 7.10. The third-order valence-corrected chi connectivity index (χ3v) is 7.69. The number of ether oxygens (including phenoxy) is 1. The van der Waals surface area contributed by atoms with Crippen molar-refractivity contribution in [2.24, 2.45) is 0 Å². The van der Waals surface area contributed by atoms with Crippen LogP contribution in [0.1, 0.15) is 47.2 Å². The van der Waals surface area contributed by atoms with Gasteiger partial charge < -0.3 is 20.1 Å². The molecule has 3 aromatic rings. The minimum atomic E-state index is -1.02. The number of carbonyl (C=O) groups excluding carboxylic acids is 2. The van der Waals surface area contributed by atoms with Crippen molar-refractivity contribution in [1.82, 2.24) is 10.2 Å². The maximum atomic E-state index is 13.4. The quantitative estimate of drug-likeness (QED) is 0.518. The van der Waals surface area contributed by atoms with Crippen LogP contribution in [0.5, 0.6) is 0 Å². The van der Waals surface area contributed by atoms with Gasteiger partial charge in [0.05, 0.1) is 0 Å². The van der Waals surface area contributed by atoms with Crippen LogP contribution in [-0.2, 0) is 14.3 Å². The highest BCUT2D eigenvalue weighted by Crippen LogP contribution is 2.44. The van der Waals surface area contributed by atoms with E-state index in [2.05, 4.69) is 17.4 Å². The third-order valence-electron chi connectivity index (χ3n) is 6.75. The number of amides is 2. The largest absolute Gasteiger partial charge is 0.480 e. The first-order chi connectivity index (χ1) is 17.0. The lowest BCUT2D eigenvalue weighted by Gasteiger charge is -2.35. The first-order valence-electron chi connectivity index (χ1n) is 11.7. The molecule has 8 heteroatoms. The van der Waals surface area contributed by atoms with Crippen LogP contribution in [0, 0.1) is 0 Å². The zero-order valence-electron chi connectivity index (χ0n) is 19.1. The Balaban J connectivity index is 1.32. The van der Waals surface area contributed by atoms with E-state index < -0.39 is 30.1 Å². The van der Waals surface area contributed by atoms with E-state index in [9.17, 15) is 19.5 Å². The van der Waals surface area contributed by atoms with Gasteiger partial charge >= 0.3 is 12.1 Å². The van der Waals surface area contributed by atoms with Gasteiger partial charge in [-0.2, -0.15) is 0 Å². The van der Waals surface area contributed by atoms with E-state index >= 15 is 0 Å². The summed E-state index contributed by atoms with van der Waals surface area (Å²) < 4.78 is 5.65. The van der Waals surface area contributed by atoms with Gasteiger partial charge in [0.15, 0.2) is 0 Å². The smallest absolute Gasteiger partial charge is 0.408 e. The number of rotatable bonds is 6. The lowest BCUT2D eigenvalue weighted by Crippen LogP contribution is -2.52. The molecule has 2 unspecified atom stereocenters. The van der Waals surface area contributed by atoms with Gasteiger partial charge in [0.1, 0.15) is 18.7 Å². The topological polar surface area (TPSA) is 95.9 Å². The molecular formula is C27H26N2O5S. The maximum absolute atomic E-state index is 13.4. The van der Waals surface area contributed by atoms with Crippen LogP contribution in [0.3, 0.4) is 0 Å². The van der Waals surface area contributed by atoms with Gasteiger partial charge in [-0.25, -0.2) is 9.59 Å². The number of carboxylic acids is 1. The number of alkyl carbamates (subject to hydrolysis) is 1. The van der Waals surface area contributed by atoms with E-state index in [1.807, 2.05) is 41.8 Å². The number of nitrogens with one attached hydrogen (secondary N) is 1. The van der Waals surface area contributed by atoms with Crippen molar-refractivity contribution in [2.45, 2.75) is 37.3 Å². The molecule has 0 spiro atoms. The number of hydrogen-bond donors (Lipinski definition) is 2. The van der Waals surface area contributed by atoms with Gasteiger partial charge in [-0.1, -0.05) is 54.6 Å². The number of carbonyl (C=O) groups is 3. The van der Waals surface area contributed by atoms with E-state index in [1.165, 1.54) is 16.2 Å². The molecule has 0 radical (unpaired) electrons. The summed E-state index contributed by atoms with van der Waals surface area (Å²) in [5.74, 6) is -1.54. The molecule has 5 rings (SSSR count). The molecule has 2 N–H and O–H groups in total. The lowest BCUT2D eigenvalue weighted by atomic mass is 9.98. The average molecular weight is 491 g/mol. The molecule has 1 saturated heterocycles. The Morgan fingerprint density at radius 2 is 1.69 bits per heavy atom. The molecule has 1 aliphatic heterocycles. The molecule has 2 heterocycles. The van der Waals surface area contributed by atoms with Crippen molar-refractivity contribution in [3.05, 3.63) is 82.0 Å². The van der Waals surface area contributed by atoms with Gasteiger partial charge in [0.25, 0.3) is 5.91 Å². The van der Waals surface area contributed by atoms with E-state index in [1.54, 1.807) is 12.1 Å². The van der Waals surface area contributed by atoms with Crippen molar-refractivity contribution >= 4 is 29.3 Å². The molecule has 2 amide bonds. The van der Waals surface area contributed by atoms with E-state index in [-0.39, 0.29) is 12.5 Å². The summed E-state index contributed by atoms with van der Waals surface area (Å²) in [6.07, 6.45) is 1.19. The molecule has 0 bridgehead atoms. The van der Waals surface area contributed by atoms with Crippen molar-refractivity contribution < 1.29 is 24.2 Å². The molecule has 7 nitrogen and oxygen atoms in total. The molecule has 0 saturated carbocycles. The van der Waals surface area contributed by atoms with Crippen LogP contribution in [0.15, 0.2) is 66.0 Å². The number of benzene rings is 2. The number of piperidine rings is 1. The number of fused-ring (bicyclic) bond motifs is 3. The van der Waals surface area contributed by atoms with Crippen LogP contribution in [0.25, 0.3) is 11.1 Å². The summed E-state index contributed by atoms with van der Waals surface area (Å²) >= 11 is 1.33. The zero-order valence-corrected chi connectivity index (χ0v) is 19.9. The van der Waals surface area contributed by atoms with E-state index in [0.29, 0.717) is 17.8 Å². The van der Waals surface area contributed by atoms with Gasteiger partial charge in [0.2, 0.25) is 0 Å². The SMILES string of the molecule is O=C(NC(C(=O)N1CCCCC1C(=O)O)c1cccs1)OCC1c2ccccc2-c2ccccc21. The number of likely N-dealkylation sites (tertiary alicyclic amines) is 1. The Labute approximate surface area is 207 Å². The highest BCUT2D eigenvalue weighted by Gasteiger charge is 2.37. The van der Waals surface area contributed by atoms with Gasteiger partial charge in [0, 0.05) is 17.3 Å². The van der Waals surface area contributed by atoms with Crippen molar-refractivity contribution in [2.75, 3.05) is 13.2 Å². The number of aliphatic carboxylic acids is 1. The number of carboxylic acid groups (broad SMARTS) is 1. The van der Waals surface area contributed by atoms with Crippen LogP contribution in [0.4, 0.5) is 4.79 Å². The Morgan fingerprint density at radius 3 is 2.31 bits per heavy atom. The second kappa shape index (κ2) is 9.92. The van der Waals surface area contributed by atoms with Crippen molar-refractivity contribution in [1.29, 1.82) is 0 Å². The molecule has 1 fully saturated rings. The minimum Gasteiger partial charge on any atom is -0.480 e. The zero-order chi connectivity index (χ0) is 24.4. The number of hydrogen-bond acceptors (Lipinski definition) is 5. The van der Waals surface area contributed by atoms with Crippen LogP contribution in [-0.4, -0.2) is 47.2 Å². The summed E-state index contributed by atoms with van der Waals surface area (Å²) in [6, 6.07) is 17.8. The monoisotopic (exact) mass is 490 g/mol. The first-order valence-corrected chi connectivity index (χ1v) is 12.6. The second-order valence-electron chi connectivity index (χ2n) is 8.80. The molecule has 1 aromatic heterocycles. The molecule has 180 valence electrons. The summed E-state index contributed by atoms with van der Waals surface area (Å²) in [5, 5.41) is 14.1. The summed E-state index contributed by atoms with van der Waals surface area (Å²) in [6.45, 7) is 0.483.